The summed E-state index contributed by atoms with van der Waals surface area (Å²) in [5.74, 6) is 0.761. The van der Waals surface area contributed by atoms with Crippen molar-refractivity contribution >= 4 is 39.9 Å². The van der Waals surface area contributed by atoms with Gasteiger partial charge in [-0.3, -0.25) is 15.0 Å². The number of rotatable bonds is 2. The maximum atomic E-state index is 11.7. The third kappa shape index (κ3) is 2.53. The molecule has 0 radical (unpaired) electrons. The van der Waals surface area contributed by atoms with Gasteiger partial charge in [-0.05, 0) is 31.2 Å². The smallest absolute Gasteiger partial charge is 0.249 e. The predicted molar refractivity (Wildman–Crippen MR) is 89.4 cm³/mol. The van der Waals surface area contributed by atoms with Crippen molar-refractivity contribution in [2.75, 3.05) is 16.5 Å². The second-order valence-corrected chi connectivity index (χ2v) is 7.61. The first kappa shape index (κ1) is 14.7. The second-order valence-electron chi connectivity index (χ2n) is 5.56. The Morgan fingerprint density at radius 2 is 2.13 bits per heavy atom. The zero-order chi connectivity index (χ0) is 16.0. The highest BCUT2D eigenvalue weighted by Gasteiger charge is 2.29. The molecule has 0 saturated heterocycles. The number of nitrogens with one attached hydrogen (secondary N) is 2. The lowest BCUT2D eigenvalue weighted by atomic mass is 9.95. The summed E-state index contributed by atoms with van der Waals surface area (Å²) in [6.45, 7) is 1.50. The van der Waals surface area contributed by atoms with E-state index in [1.807, 2.05) is 0 Å². The standard InChI is InChI=1S/C14H15N5O2S2/c1-7(20)15-13-11(8-4-2-3-5-9(8)23-13)12-16-17-14-19(12)18-10(21)6-22-14/h2-6H2,1H3,(H,15,20)(H,18,21). The van der Waals surface area contributed by atoms with Gasteiger partial charge in [-0.1, -0.05) is 11.8 Å². The predicted octanol–water partition coefficient (Wildman–Crippen LogP) is 2.02. The molecule has 2 aliphatic rings. The van der Waals surface area contributed by atoms with E-state index in [1.54, 1.807) is 16.0 Å². The maximum absolute atomic E-state index is 11.7. The van der Waals surface area contributed by atoms with Crippen LogP contribution < -0.4 is 10.7 Å². The summed E-state index contributed by atoms with van der Waals surface area (Å²) >= 11 is 2.97. The van der Waals surface area contributed by atoms with E-state index in [4.69, 9.17) is 0 Å². The van der Waals surface area contributed by atoms with E-state index >= 15 is 0 Å². The molecule has 1 aliphatic heterocycles. The van der Waals surface area contributed by atoms with Crippen LogP contribution in [0.1, 0.15) is 30.2 Å². The van der Waals surface area contributed by atoms with Gasteiger partial charge >= 0.3 is 0 Å². The van der Waals surface area contributed by atoms with Crippen molar-refractivity contribution in [3.05, 3.63) is 10.4 Å². The molecule has 1 aliphatic carbocycles. The Labute approximate surface area is 140 Å². The summed E-state index contributed by atoms with van der Waals surface area (Å²) in [5.41, 5.74) is 4.94. The van der Waals surface area contributed by atoms with Gasteiger partial charge in [-0.25, -0.2) is 4.68 Å². The minimum Gasteiger partial charge on any atom is -0.317 e. The summed E-state index contributed by atoms with van der Waals surface area (Å²) in [6.07, 6.45) is 4.27. The topological polar surface area (TPSA) is 88.9 Å². The molecule has 0 aromatic carbocycles. The minimum atomic E-state index is -0.110. The van der Waals surface area contributed by atoms with Crippen molar-refractivity contribution in [1.82, 2.24) is 14.9 Å². The number of thiophene rings is 1. The van der Waals surface area contributed by atoms with E-state index < -0.39 is 0 Å². The Bertz CT molecular complexity index is 810. The molecule has 0 bridgehead atoms. The summed E-state index contributed by atoms with van der Waals surface area (Å²) in [7, 11) is 0. The van der Waals surface area contributed by atoms with Crippen LogP contribution >= 0.6 is 23.1 Å². The van der Waals surface area contributed by atoms with E-state index in [1.165, 1.54) is 29.1 Å². The molecule has 0 unspecified atom stereocenters. The molecule has 23 heavy (non-hydrogen) atoms. The number of fused-ring (bicyclic) bond motifs is 2. The van der Waals surface area contributed by atoms with Crippen molar-refractivity contribution in [2.24, 2.45) is 0 Å². The number of hydrogen-bond donors (Lipinski definition) is 2. The number of anilines is 1. The van der Waals surface area contributed by atoms with Crippen molar-refractivity contribution < 1.29 is 9.59 Å². The van der Waals surface area contributed by atoms with Crippen LogP contribution in [0.3, 0.4) is 0 Å². The molecule has 0 spiro atoms. The number of thioether (sulfide) groups is 1. The van der Waals surface area contributed by atoms with Crippen molar-refractivity contribution in [2.45, 2.75) is 37.8 Å². The molecule has 3 heterocycles. The second kappa shape index (κ2) is 5.64. The van der Waals surface area contributed by atoms with Gasteiger partial charge in [0.15, 0.2) is 5.82 Å². The molecule has 7 nitrogen and oxygen atoms in total. The lowest BCUT2D eigenvalue weighted by molar-refractivity contribution is -0.115. The Morgan fingerprint density at radius 3 is 2.96 bits per heavy atom. The third-order valence-electron chi connectivity index (χ3n) is 3.89. The van der Waals surface area contributed by atoms with Gasteiger partial charge in [0.25, 0.3) is 0 Å². The molecule has 2 amide bonds. The maximum Gasteiger partial charge on any atom is 0.249 e. The van der Waals surface area contributed by atoms with Gasteiger partial charge < -0.3 is 5.32 Å². The van der Waals surface area contributed by atoms with Crippen LogP contribution in [0.5, 0.6) is 0 Å². The fourth-order valence-corrected chi connectivity index (χ4v) is 4.98. The Morgan fingerprint density at radius 1 is 1.30 bits per heavy atom. The number of nitrogens with zero attached hydrogens (tertiary/aromatic N) is 3. The van der Waals surface area contributed by atoms with Crippen LogP contribution in [0.25, 0.3) is 11.4 Å². The Balaban J connectivity index is 1.88. The number of amides is 2. The quantitative estimate of drug-likeness (QED) is 0.866. The van der Waals surface area contributed by atoms with Crippen molar-refractivity contribution in [1.29, 1.82) is 0 Å². The van der Waals surface area contributed by atoms with Crippen molar-refractivity contribution in [3.63, 3.8) is 0 Å². The summed E-state index contributed by atoms with van der Waals surface area (Å²) in [5, 5.41) is 12.8. The molecule has 2 aromatic rings. The first-order valence-corrected chi connectivity index (χ1v) is 9.24. The first-order valence-electron chi connectivity index (χ1n) is 7.44. The third-order valence-corrected chi connectivity index (χ3v) is 6.02. The first-order chi connectivity index (χ1) is 11.1. The van der Waals surface area contributed by atoms with Crippen LogP contribution in [-0.2, 0) is 22.4 Å². The number of carbonyl (C=O) groups is 2. The highest BCUT2D eigenvalue weighted by molar-refractivity contribution is 7.99. The molecule has 0 fully saturated rings. The normalized spacial score (nSPS) is 16.5. The van der Waals surface area contributed by atoms with Crippen LogP contribution in [-0.4, -0.2) is 32.4 Å². The van der Waals surface area contributed by atoms with Gasteiger partial charge in [0, 0.05) is 11.8 Å². The molecular formula is C14H15N5O2S2. The largest absolute Gasteiger partial charge is 0.317 e. The molecule has 120 valence electrons. The molecule has 2 aromatic heterocycles. The lowest BCUT2D eigenvalue weighted by Crippen LogP contribution is -2.30. The highest BCUT2D eigenvalue weighted by atomic mass is 32.2. The van der Waals surface area contributed by atoms with E-state index in [0.29, 0.717) is 16.7 Å². The molecule has 2 N–H and O–H groups in total. The molecular weight excluding hydrogens is 334 g/mol. The fraction of sp³-hybridized carbons (Fsp3) is 0.429. The van der Waals surface area contributed by atoms with E-state index in [-0.39, 0.29) is 11.8 Å². The van der Waals surface area contributed by atoms with Gasteiger partial charge in [0.1, 0.15) is 5.00 Å². The molecule has 4 rings (SSSR count). The van der Waals surface area contributed by atoms with E-state index in [2.05, 4.69) is 20.9 Å². The number of aromatic nitrogens is 3. The van der Waals surface area contributed by atoms with Crippen LogP contribution in [0.4, 0.5) is 5.00 Å². The monoisotopic (exact) mass is 349 g/mol. The average Bonchev–Trinajstić information content (AvgIpc) is 3.06. The molecule has 0 atom stereocenters. The Kier molecular flexibility index (Phi) is 3.61. The summed E-state index contributed by atoms with van der Waals surface area (Å²) in [6, 6.07) is 0. The zero-order valence-electron chi connectivity index (χ0n) is 12.5. The van der Waals surface area contributed by atoms with Gasteiger partial charge in [-0.2, -0.15) is 0 Å². The van der Waals surface area contributed by atoms with Crippen molar-refractivity contribution in [3.8, 4) is 11.4 Å². The average molecular weight is 349 g/mol. The highest BCUT2D eigenvalue weighted by Crippen LogP contribution is 2.44. The lowest BCUT2D eigenvalue weighted by Gasteiger charge is -2.17. The van der Waals surface area contributed by atoms with Gasteiger partial charge in [0.2, 0.25) is 17.0 Å². The van der Waals surface area contributed by atoms with Crippen LogP contribution in [0.15, 0.2) is 5.16 Å². The van der Waals surface area contributed by atoms with Crippen LogP contribution in [0.2, 0.25) is 0 Å². The van der Waals surface area contributed by atoms with E-state index in [9.17, 15) is 9.59 Å². The van der Waals surface area contributed by atoms with Gasteiger partial charge in [-0.15, -0.1) is 21.5 Å². The molecule has 0 saturated carbocycles. The summed E-state index contributed by atoms with van der Waals surface area (Å²) in [4.78, 5) is 24.6. The SMILES string of the molecule is CC(=O)Nc1sc2c(c1-c1nnc3n1NC(=O)CS3)CCCC2. The number of aryl methyl sites for hydroxylation is 1. The molecule has 9 heteroatoms. The summed E-state index contributed by atoms with van der Waals surface area (Å²) < 4.78 is 1.64. The number of hydrogen-bond acceptors (Lipinski definition) is 6. The fourth-order valence-electron chi connectivity index (χ4n) is 2.96. The van der Waals surface area contributed by atoms with Gasteiger partial charge in [0.05, 0.1) is 11.3 Å². The Hall–Kier alpha value is -1.87. The number of carbonyl (C=O) groups excluding carboxylic acids is 2. The zero-order valence-corrected chi connectivity index (χ0v) is 14.1. The van der Waals surface area contributed by atoms with Crippen LogP contribution in [0, 0.1) is 0 Å². The minimum absolute atomic E-state index is 0.0753. The van der Waals surface area contributed by atoms with E-state index in [0.717, 1.165) is 36.2 Å².